The van der Waals surface area contributed by atoms with E-state index in [9.17, 15) is 13.2 Å². The molecule has 0 aliphatic carbocycles. The van der Waals surface area contributed by atoms with Crippen molar-refractivity contribution in [3.63, 3.8) is 0 Å². The van der Waals surface area contributed by atoms with Crippen LogP contribution < -0.4 is 5.32 Å². The Bertz CT molecular complexity index is 312. The normalized spacial score (nSPS) is 23.4. The first kappa shape index (κ1) is 15.2. The lowest BCUT2D eigenvalue weighted by atomic mass is 10.1. The molecule has 19 heavy (non-hydrogen) atoms. The second-order valence-corrected chi connectivity index (χ2v) is 6.51. The Hall–Kier alpha value is -0.200. The van der Waals surface area contributed by atoms with Crippen LogP contribution in [0.15, 0.2) is 11.6 Å². The van der Waals surface area contributed by atoms with Crippen molar-refractivity contribution in [3.8, 4) is 0 Å². The van der Waals surface area contributed by atoms with Gasteiger partial charge in [-0.25, -0.2) is 0 Å². The maximum absolute atomic E-state index is 12.5. The highest BCUT2D eigenvalue weighted by Gasteiger charge is 2.34. The lowest BCUT2D eigenvalue weighted by Crippen LogP contribution is -2.34. The van der Waals surface area contributed by atoms with Crippen molar-refractivity contribution in [1.29, 1.82) is 0 Å². The molecule has 0 aromatic rings. The van der Waals surface area contributed by atoms with E-state index in [4.69, 9.17) is 0 Å². The summed E-state index contributed by atoms with van der Waals surface area (Å²) in [6.07, 6.45) is -0.221. The predicted octanol–water partition coefficient (Wildman–Crippen LogP) is 2.67. The van der Waals surface area contributed by atoms with Crippen molar-refractivity contribution >= 4 is 11.8 Å². The highest BCUT2D eigenvalue weighted by molar-refractivity contribution is 7.99. The number of piperidine rings is 1. The van der Waals surface area contributed by atoms with Gasteiger partial charge in [-0.1, -0.05) is 6.08 Å². The van der Waals surface area contributed by atoms with E-state index in [1.165, 1.54) is 18.9 Å². The number of thioether (sulfide) groups is 1. The summed E-state index contributed by atoms with van der Waals surface area (Å²) in [6.45, 7) is 4.08. The smallest absolute Gasteiger partial charge is 0.317 e. The van der Waals surface area contributed by atoms with Gasteiger partial charge in [-0.05, 0) is 32.4 Å². The van der Waals surface area contributed by atoms with Crippen molar-refractivity contribution in [2.45, 2.75) is 30.7 Å². The van der Waals surface area contributed by atoms with Crippen molar-refractivity contribution in [2.24, 2.45) is 0 Å². The summed E-state index contributed by atoms with van der Waals surface area (Å²) >= 11 is 1.97. The second-order valence-electron chi connectivity index (χ2n) is 5.10. The molecule has 2 aliphatic heterocycles. The molecule has 0 spiro atoms. The molecule has 110 valence electrons. The van der Waals surface area contributed by atoms with Crippen molar-refractivity contribution in [2.75, 3.05) is 38.5 Å². The van der Waals surface area contributed by atoms with Gasteiger partial charge in [0.25, 0.3) is 0 Å². The minimum atomic E-state index is -4.13. The molecule has 0 radical (unpaired) electrons. The largest absolute Gasteiger partial charge is 0.412 e. The van der Waals surface area contributed by atoms with Crippen LogP contribution in [0.5, 0.6) is 0 Å². The number of rotatable bonds is 4. The zero-order valence-corrected chi connectivity index (χ0v) is 11.8. The summed E-state index contributed by atoms with van der Waals surface area (Å²) < 4.78 is 37.4. The molecular formula is C13H21F3N2S. The molecule has 0 unspecified atom stereocenters. The molecule has 2 nitrogen and oxygen atoms in total. The van der Waals surface area contributed by atoms with Gasteiger partial charge >= 0.3 is 6.18 Å². The summed E-state index contributed by atoms with van der Waals surface area (Å²) in [7, 11) is 0. The van der Waals surface area contributed by atoms with Crippen molar-refractivity contribution < 1.29 is 13.2 Å². The van der Waals surface area contributed by atoms with E-state index >= 15 is 0 Å². The fraction of sp³-hybridized carbons (Fsp3) is 0.846. The van der Waals surface area contributed by atoms with Gasteiger partial charge in [0.1, 0.15) is 0 Å². The van der Waals surface area contributed by atoms with Gasteiger partial charge < -0.3 is 5.32 Å². The van der Waals surface area contributed by atoms with Gasteiger partial charge in [0, 0.05) is 36.2 Å². The Morgan fingerprint density at radius 3 is 2.63 bits per heavy atom. The fourth-order valence-electron chi connectivity index (χ4n) is 2.48. The van der Waals surface area contributed by atoms with Crippen LogP contribution in [-0.2, 0) is 0 Å². The first-order chi connectivity index (χ1) is 9.05. The van der Waals surface area contributed by atoms with E-state index in [-0.39, 0.29) is 12.0 Å². The monoisotopic (exact) mass is 294 g/mol. The van der Waals surface area contributed by atoms with Gasteiger partial charge in [0.2, 0.25) is 0 Å². The van der Waals surface area contributed by atoms with Gasteiger partial charge in [-0.3, -0.25) is 4.90 Å². The predicted molar refractivity (Wildman–Crippen MR) is 73.5 cm³/mol. The van der Waals surface area contributed by atoms with E-state index in [0.717, 1.165) is 30.6 Å². The molecule has 1 fully saturated rings. The van der Waals surface area contributed by atoms with E-state index < -0.39 is 6.18 Å². The molecule has 0 atom stereocenters. The fourth-order valence-corrected chi connectivity index (χ4v) is 3.75. The second kappa shape index (κ2) is 6.99. The van der Waals surface area contributed by atoms with Crippen LogP contribution in [0.4, 0.5) is 13.2 Å². The molecular weight excluding hydrogens is 273 g/mol. The van der Waals surface area contributed by atoms with Gasteiger partial charge in [-0.15, -0.1) is 0 Å². The van der Waals surface area contributed by atoms with Crippen LogP contribution in [-0.4, -0.2) is 54.8 Å². The maximum atomic E-state index is 12.5. The first-order valence-corrected chi connectivity index (χ1v) is 7.91. The van der Waals surface area contributed by atoms with Gasteiger partial charge in [0.05, 0.1) is 0 Å². The standard InChI is InChI=1S/C13H21F3N2S/c14-13(15,16)11-3-7-18(8-4-11)9-10-19-12-1-5-17-6-2-12/h3,12,17H,1-2,4-10H2. The molecule has 1 saturated heterocycles. The van der Waals surface area contributed by atoms with Crippen LogP contribution in [0, 0.1) is 0 Å². The quantitative estimate of drug-likeness (QED) is 0.803. The third kappa shape index (κ3) is 5.00. The number of hydrogen-bond donors (Lipinski definition) is 1. The average Bonchev–Trinajstić information content (AvgIpc) is 2.39. The summed E-state index contributed by atoms with van der Waals surface area (Å²) in [5.41, 5.74) is -0.352. The number of nitrogens with one attached hydrogen (secondary N) is 1. The zero-order valence-electron chi connectivity index (χ0n) is 11.0. The third-order valence-electron chi connectivity index (χ3n) is 3.70. The minimum absolute atomic E-state index is 0.140. The lowest BCUT2D eigenvalue weighted by Gasteiger charge is -2.28. The topological polar surface area (TPSA) is 15.3 Å². The SMILES string of the molecule is FC(F)(F)C1=CCN(CCSC2CCNCC2)CC1. The van der Waals surface area contributed by atoms with E-state index in [0.29, 0.717) is 13.1 Å². The van der Waals surface area contributed by atoms with Gasteiger partial charge in [-0.2, -0.15) is 24.9 Å². The number of alkyl halides is 3. The number of halogens is 3. The summed E-state index contributed by atoms with van der Waals surface area (Å²) in [4.78, 5) is 2.11. The van der Waals surface area contributed by atoms with Crippen molar-refractivity contribution in [3.05, 3.63) is 11.6 Å². The molecule has 2 heterocycles. The molecule has 2 aliphatic rings. The average molecular weight is 294 g/mol. The first-order valence-electron chi connectivity index (χ1n) is 6.86. The minimum Gasteiger partial charge on any atom is -0.317 e. The van der Waals surface area contributed by atoms with Crippen LogP contribution in [0.3, 0.4) is 0 Å². The number of hydrogen-bond acceptors (Lipinski definition) is 3. The Morgan fingerprint density at radius 2 is 2.05 bits per heavy atom. The molecule has 1 N–H and O–H groups in total. The van der Waals surface area contributed by atoms with E-state index in [1.807, 2.05) is 11.8 Å². The van der Waals surface area contributed by atoms with Crippen LogP contribution in [0.2, 0.25) is 0 Å². The van der Waals surface area contributed by atoms with Crippen LogP contribution in [0.1, 0.15) is 19.3 Å². The molecule has 2 rings (SSSR count). The van der Waals surface area contributed by atoms with E-state index in [1.54, 1.807) is 0 Å². The molecule has 0 aromatic heterocycles. The molecule has 6 heteroatoms. The molecule has 0 saturated carbocycles. The van der Waals surface area contributed by atoms with Crippen molar-refractivity contribution in [1.82, 2.24) is 10.2 Å². The number of nitrogens with zero attached hydrogens (tertiary/aromatic N) is 1. The van der Waals surface area contributed by atoms with E-state index in [2.05, 4.69) is 10.2 Å². The maximum Gasteiger partial charge on any atom is 0.412 e. The zero-order chi connectivity index (χ0) is 13.7. The van der Waals surface area contributed by atoms with Crippen LogP contribution in [0.25, 0.3) is 0 Å². The third-order valence-corrected chi connectivity index (χ3v) is 5.07. The summed E-state index contributed by atoms with van der Waals surface area (Å²) in [6, 6.07) is 0. The highest BCUT2D eigenvalue weighted by Crippen LogP contribution is 2.30. The Morgan fingerprint density at radius 1 is 1.32 bits per heavy atom. The molecule has 0 bridgehead atoms. The molecule has 0 aromatic carbocycles. The Labute approximate surface area is 116 Å². The Kier molecular flexibility index (Phi) is 5.59. The summed E-state index contributed by atoms with van der Waals surface area (Å²) in [5.74, 6) is 1.03. The van der Waals surface area contributed by atoms with Gasteiger partial charge in [0.15, 0.2) is 0 Å². The molecule has 0 amide bonds. The highest BCUT2D eigenvalue weighted by atomic mass is 32.2. The Balaban J connectivity index is 1.64. The van der Waals surface area contributed by atoms with Crippen LogP contribution >= 0.6 is 11.8 Å². The lowest BCUT2D eigenvalue weighted by molar-refractivity contribution is -0.0959. The summed E-state index contributed by atoms with van der Waals surface area (Å²) in [5, 5.41) is 4.06.